The van der Waals surface area contributed by atoms with Crippen LogP contribution in [0.2, 0.25) is 0 Å². The lowest BCUT2D eigenvalue weighted by Crippen LogP contribution is -1.83. The Morgan fingerprint density at radius 2 is 1.77 bits per heavy atom. The fourth-order valence-electron chi connectivity index (χ4n) is 1.74. The second kappa shape index (κ2) is 2.88. The summed E-state index contributed by atoms with van der Waals surface area (Å²) >= 11 is 0. The van der Waals surface area contributed by atoms with Gasteiger partial charge in [-0.2, -0.15) is 0 Å². The van der Waals surface area contributed by atoms with Crippen molar-refractivity contribution < 1.29 is 0 Å². The Morgan fingerprint density at radius 3 is 2.54 bits per heavy atom. The molecule has 0 aromatic heterocycles. The Bertz CT molecular complexity index is 453. The van der Waals surface area contributed by atoms with Crippen LogP contribution in [0.3, 0.4) is 0 Å². The number of hydrogen-bond donors (Lipinski definition) is 0. The predicted octanol–water partition coefficient (Wildman–Crippen LogP) is 3.57. The fourth-order valence-corrected chi connectivity index (χ4v) is 1.74. The van der Waals surface area contributed by atoms with E-state index in [0.29, 0.717) is 0 Å². The first-order valence-electron chi connectivity index (χ1n) is 4.57. The summed E-state index contributed by atoms with van der Waals surface area (Å²) in [4.78, 5) is 0. The first-order chi connectivity index (χ1) is 6.16. The van der Waals surface area contributed by atoms with Gasteiger partial charge in [0, 0.05) is 0 Å². The van der Waals surface area contributed by atoms with Crippen LogP contribution in [0.15, 0.2) is 24.3 Å². The van der Waals surface area contributed by atoms with Crippen LogP contribution in [0.4, 0.5) is 0 Å². The van der Waals surface area contributed by atoms with Crippen LogP contribution in [0.25, 0.3) is 10.8 Å². The van der Waals surface area contributed by atoms with Crippen LogP contribution in [0.5, 0.6) is 0 Å². The van der Waals surface area contributed by atoms with Crippen LogP contribution in [0.1, 0.15) is 16.7 Å². The molecule has 0 heteroatoms. The smallest absolute Gasteiger partial charge is 0.00670 e. The second-order valence-corrected chi connectivity index (χ2v) is 3.68. The number of benzene rings is 2. The van der Waals surface area contributed by atoms with Gasteiger partial charge in [-0.05, 0) is 48.7 Å². The molecular weight excluding hydrogens is 156 g/mol. The SMILES string of the molecule is Cc1[c]c2ccc(C)cc2c(C)c1. The molecule has 0 atom stereocenters. The number of hydrogen-bond acceptors (Lipinski definition) is 0. The highest BCUT2D eigenvalue weighted by molar-refractivity contribution is 5.86. The summed E-state index contributed by atoms with van der Waals surface area (Å²) in [5, 5.41) is 2.55. The van der Waals surface area contributed by atoms with Crippen LogP contribution < -0.4 is 0 Å². The molecule has 0 saturated carbocycles. The van der Waals surface area contributed by atoms with E-state index in [9.17, 15) is 0 Å². The molecular formula is C13H13. The molecule has 2 rings (SSSR count). The lowest BCUT2D eigenvalue weighted by molar-refractivity contribution is 1.41. The van der Waals surface area contributed by atoms with Gasteiger partial charge in [0.25, 0.3) is 0 Å². The number of fused-ring (bicyclic) bond motifs is 1. The Balaban J connectivity index is 2.87. The molecule has 2 aromatic rings. The Labute approximate surface area is 79.2 Å². The van der Waals surface area contributed by atoms with Crippen molar-refractivity contribution in [1.29, 1.82) is 0 Å². The normalized spacial score (nSPS) is 10.7. The van der Waals surface area contributed by atoms with Crippen LogP contribution >= 0.6 is 0 Å². The van der Waals surface area contributed by atoms with Crippen molar-refractivity contribution in [1.82, 2.24) is 0 Å². The highest BCUT2D eigenvalue weighted by Crippen LogP contribution is 2.20. The molecule has 0 N–H and O–H groups in total. The summed E-state index contributed by atoms with van der Waals surface area (Å²) in [7, 11) is 0. The molecule has 0 bridgehead atoms. The van der Waals surface area contributed by atoms with Gasteiger partial charge in [-0.15, -0.1) is 0 Å². The zero-order valence-electron chi connectivity index (χ0n) is 8.31. The molecule has 0 amide bonds. The summed E-state index contributed by atoms with van der Waals surface area (Å²) in [6, 6.07) is 12.0. The van der Waals surface area contributed by atoms with E-state index in [4.69, 9.17) is 0 Å². The highest BCUT2D eigenvalue weighted by Gasteiger charge is 1.98. The van der Waals surface area contributed by atoms with Crippen LogP contribution in [0, 0.1) is 26.8 Å². The van der Waals surface area contributed by atoms with Crippen molar-refractivity contribution in [2.24, 2.45) is 0 Å². The summed E-state index contributed by atoms with van der Waals surface area (Å²) in [6.07, 6.45) is 0. The van der Waals surface area contributed by atoms with Crippen molar-refractivity contribution >= 4 is 10.8 Å². The Morgan fingerprint density at radius 1 is 1.00 bits per heavy atom. The van der Waals surface area contributed by atoms with E-state index in [1.807, 2.05) is 0 Å². The molecule has 0 unspecified atom stereocenters. The summed E-state index contributed by atoms with van der Waals surface area (Å²) in [5.74, 6) is 0. The minimum absolute atomic E-state index is 1.22. The summed E-state index contributed by atoms with van der Waals surface area (Å²) < 4.78 is 0. The third-order valence-electron chi connectivity index (χ3n) is 2.36. The molecule has 0 spiro atoms. The van der Waals surface area contributed by atoms with Gasteiger partial charge in [0.15, 0.2) is 0 Å². The minimum Gasteiger partial charge on any atom is -0.0587 e. The van der Waals surface area contributed by atoms with Gasteiger partial charge in [0.05, 0.1) is 0 Å². The van der Waals surface area contributed by atoms with Gasteiger partial charge in [0.1, 0.15) is 0 Å². The standard InChI is InChI=1S/C13H13/c1-9-4-5-12-7-10(2)6-11(3)13(12)8-9/h4-6,8H,1-3H3. The third kappa shape index (κ3) is 1.44. The van der Waals surface area contributed by atoms with E-state index >= 15 is 0 Å². The number of aryl methyl sites for hydroxylation is 3. The average Bonchev–Trinajstić information content (AvgIpc) is 2.06. The molecule has 0 fully saturated rings. The topological polar surface area (TPSA) is 0 Å². The van der Waals surface area contributed by atoms with Gasteiger partial charge in [-0.25, -0.2) is 0 Å². The molecule has 0 aliphatic carbocycles. The molecule has 0 saturated heterocycles. The van der Waals surface area contributed by atoms with Crippen molar-refractivity contribution in [3.63, 3.8) is 0 Å². The average molecular weight is 169 g/mol. The van der Waals surface area contributed by atoms with Gasteiger partial charge in [-0.3, -0.25) is 0 Å². The molecule has 0 aliphatic rings. The monoisotopic (exact) mass is 169 g/mol. The van der Waals surface area contributed by atoms with E-state index in [0.717, 1.165) is 0 Å². The van der Waals surface area contributed by atoms with Crippen molar-refractivity contribution in [2.45, 2.75) is 20.8 Å². The predicted molar refractivity (Wildman–Crippen MR) is 57.0 cm³/mol. The molecule has 0 heterocycles. The maximum atomic E-state index is 3.36. The first kappa shape index (κ1) is 8.31. The van der Waals surface area contributed by atoms with Crippen LogP contribution in [-0.4, -0.2) is 0 Å². The largest absolute Gasteiger partial charge is 0.0587 e. The summed E-state index contributed by atoms with van der Waals surface area (Å²) in [6.45, 7) is 6.37. The zero-order valence-corrected chi connectivity index (χ0v) is 8.31. The van der Waals surface area contributed by atoms with E-state index in [1.54, 1.807) is 0 Å². The zero-order chi connectivity index (χ0) is 9.42. The van der Waals surface area contributed by atoms with E-state index < -0.39 is 0 Å². The quantitative estimate of drug-likeness (QED) is 0.565. The van der Waals surface area contributed by atoms with Crippen molar-refractivity contribution in [3.8, 4) is 0 Å². The molecule has 1 radical (unpaired) electrons. The van der Waals surface area contributed by atoms with Crippen molar-refractivity contribution in [2.75, 3.05) is 0 Å². The minimum atomic E-state index is 1.22. The van der Waals surface area contributed by atoms with E-state index in [-0.39, 0.29) is 0 Å². The van der Waals surface area contributed by atoms with E-state index in [2.05, 4.69) is 51.1 Å². The molecule has 2 aromatic carbocycles. The molecule has 13 heavy (non-hydrogen) atoms. The van der Waals surface area contributed by atoms with Gasteiger partial charge in [-0.1, -0.05) is 29.8 Å². The highest BCUT2D eigenvalue weighted by atomic mass is 14.0. The Hall–Kier alpha value is -1.30. The van der Waals surface area contributed by atoms with Gasteiger partial charge >= 0.3 is 0 Å². The number of rotatable bonds is 0. The van der Waals surface area contributed by atoms with Crippen molar-refractivity contribution in [3.05, 3.63) is 47.0 Å². The first-order valence-corrected chi connectivity index (χ1v) is 4.57. The second-order valence-electron chi connectivity index (χ2n) is 3.68. The van der Waals surface area contributed by atoms with Crippen LogP contribution in [-0.2, 0) is 0 Å². The van der Waals surface area contributed by atoms with E-state index in [1.165, 1.54) is 27.5 Å². The van der Waals surface area contributed by atoms with Gasteiger partial charge in [0.2, 0.25) is 0 Å². The lowest BCUT2D eigenvalue weighted by atomic mass is 10.0. The fraction of sp³-hybridized carbons (Fsp3) is 0.231. The lowest BCUT2D eigenvalue weighted by Gasteiger charge is -2.04. The molecule has 0 aliphatic heterocycles. The summed E-state index contributed by atoms with van der Waals surface area (Å²) in [5.41, 5.74) is 3.87. The molecule has 65 valence electrons. The maximum absolute atomic E-state index is 3.36. The molecule has 0 nitrogen and oxygen atoms in total. The van der Waals surface area contributed by atoms with Gasteiger partial charge < -0.3 is 0 Å². The third-order valence-corrected chi connectivity index (χ3v) is 2.36. The Kier molecular flexibility index (Phi) is 1.84. The maximum Gasteiger partial charge on any atom is -0.00670 e.